The van der Waals surface area contributed by atoms with E-state index in [2.05, 4.69) is 0 Å². The van der Waals surface area contributed by atoms with Crippen molar-refractivity contribution in [1.29, 1.82) is 0 Å². The Balaban J connectivity index is 0.00000256. The number of hydrogen-bond donors (Lipinski definition) is 1. The molecule has 0 bridgehead atoms. The van der Waals surface area contributed by atoms with E-state index in [1.54, 1.807) is 14.0 Å². The second-order valence-electron chi connectivity index (χ2n) is 3.41. The van der Waals surface area contributed by atoms with Gasteiger partial charge < -0.3 is 15.2 Å². The second kappa shape index (κ2) is 7.92. The first-order valence-corrected chi connectivity index (χ1v) is 5.22. The van der Waals surface area contributed by atoms with Crippen molar-refractivity contribution < 1.29 is 14.3 Å². The Hall–Kier alpha value is -1.26. The number of benzene rings is 1. The lowest BCUT2D eigenvalue weighted by atomic mass is 10.1. The van der Waals surface area contributed by atoms with E-state index in [9.17, 15) is 4.79 Å². The molecule has 0 aliphatic rings. The van der Waals surface area contributed by atoms with E-state index >= 15 is 0 Å². The second-order valence-corrected chi connectivity index (χ2v) is 3.41. The summed E-state index contributed by atoms with van der Waals surface area (Å²) in [6, 6.07) is 6.85. The van der Waals surface area contributed by atoms with Crippen molar-refractivity contribution in [3.05, 3.63) is 29.8 Å². The predicted octanol–water partition coefficient (Wildman–Crippen LogP) is 1.55. The molecule has 1 aromatic rings. The van der Waals surface area contributed by atoms with E-state index in [1.807, 2.05) is 24.3 Å². The molecule has 0 aromatic heterocycles. The van der Waals surface area contributed by atoms with Crippen LogP contribution in [0.3, 0.4) is 0 Å². The summed E-state index contributed by atoms with van der Waals surface area (Å²) in [5.74, 6) is 0.423. The minimum absolute atomic E-state index is 0. The number of ether oxygens (including phenoxy) is 2. The van der Waals surface area contributed by atoms with Gasteiger partial charge in [-0.1, -0.05) is 12.1 Å². The molecule has 4 nitrogen and oxygen atoms in total. The highest BCUT2D eigenvalue weighted by Gasteiger charge is 2.14. The molecule has 0 aliphatic carbocycles. The van der Waals surface area contributed by atoms with Crippen LogP contribution in [0.5, 0.6) is 5.75 Å². The smallest absolute Gasteiger partial charge is 0.323 e. The number of halogens is 1. The molecule has 96 valence electrons. The van der Waals surface area contributed by atoms with E-state index in [4.69, 9.17) is 15.2 Å². The molecule has 0 heterocycles. The largest absolute Gasteiger partial charge is 0.497 e. The van der Waals surface area contributed by atoms with Gasteiger partial charge in [0.1, 0.15) is 11.8 Å². The van der Waals surface area contributed by atoms with Gasteiger partial charge in [-0.3, -0.25) is 4.79 Å². The van der Waals surface area contributed by atoms with Crippen molar-refractivity contribution in [3.8, 4) is 5.75 Å². The lowest BCUT2D eigenvalue weighted by molar-refractivity contribution is -0.144. The van der Waals surface area contributed by atoms with Crippen LogP contribution in [-0.4, -0.2) is 25.7 Å². The zero-order valence-electron chi connectivity index (χ0n) is 10.0. The highest BCUT2D eigenvalue weighted by molar-refractivity contribution is 5.85. The van der Waals surface area contributed by atoms with Gasteiger partial charge in [0, 0.05) is 0 Å². The molecule has 0 fully saturated rings. The van der Waals surface area contributed by atoms with Crippen LogP contribution in [0.25, 0.3) is 0 Å². The molecule has 1 aromatic carbocycles. The molecular formula is C12H18ClNO3. The number of hydrogen-bond acceptors (Lipinski definition) is 4. The molecule has 0 unspecified atom stereocenters. The maximum absolute atomic E-state index is 11.3. The fraction of sp³-hybridized carbons (Fsp3) is 0.417. The van der Waals surface area contributed by atoms with Crippen molar-refractivity contribution in [1.82, 2.24) is 0 Å². The molecule has 0 spiro atoms. The number of esters is 1. The van der Waals surface area contributed by atoms with Crippen LogP contribution in [0, 0.1) is 0 Å². The average Bonchev–Trinajstić information content (AvgIpc) is 2.30. The van der Waals surface area contributed by atoms with Gasteiger partial charge in [-0.05, 0) is 31.0 Å². The van der Waals surface area contributed by atoms with E-state index in [0.717, 1.165) is 11.3 Å². The van der Waals surface area contributed by atoms with Gasteiger partial charge in [-0.2, -0.15) is 0 Å². The highest BCUT2D eigenvalue weighted by atomic mass is 35.5. The molecule has 0 amide bonds. The van der Waals surface area contributed by atoms with Crippen molar-refractivity contribution in [2.75, 3.05) is 13.7 Å². The Morgan fingerprint density at radius 2 is 1.94 bits per heavy atom. The molecular weight excluding hydrogens is 242 g/mol. The summed E-state index contributed by atoms with van der Waals surface area (Å²) in [5.41, 5.74) is 6.69. The van der Waals surface area contributed by atoms with E-state index in [0.29, 0.717) is 13.0 Å². The zero-order valence-corrected chi connectivity index (χ0v) is 10.8. The van der Waals surface area contributed by atoms with Gasteiger partial charge >= 0.3 is 5.97 Å². The van der Waals surface area contributed by atoms with Crippen molar-refractivity contribution in [2.24, 2.45) is 5.73 Å². The third-order valence-corrected chi connectivity index (χ3v) is 2.20. The lowest BCUT2D eigenvalue weighted by Gasteiger charge is -2.10. The summed E-state index contributed by atoms with van der Waals surface area (Å²) in [4.78, 5) is 11.3. The maximum atomic E-state index is 11.3. The molecule has 1 atom stereocenters. The first kappa shape index (κ1) is 15.7. The van der Waals surface area contributed by atoms with Gasteiger partial charge in [0.2, 0.25) is 0 Å². The third kappa shape index (κ3) is 5.06. The number of carbonyl (C=O) groups is 1. The minimum atomic E-state index is -0.603. The van der Waals surface area contributed by atoms with E-state index < -0.39 is 6.04 Å². The number of nitrogens with two attached hydrogens (primary N) is 1. The monoisotopic (exact) mass is 259 g/mol. The molecule has 17 heavy (non-hydrogen) atoms. The first-order valence-electron chi connectivity index (χ1n) is 5.22. The molecule has 0 saturated carbocycles. The summed E-state index contributed by atoms with van der Waals surface area (Å²) in [7, 11) is 1.61. The fourth-order valence-electron chi connectivity index (χ4n) is 1.35. The van der Waals surface area contributed by atoms with Crippen LogP contribution in [0.15, 0.2) is 24.3 Å². The molecule has 1 rings (SSSR count). The van der Waals surface area contributed by atoms with Crippen molar-refractivity contribution in [2.45, 2.75) is 19.4 Å². The Kier molecular flexibility index (Phi) is 7.34. The van der Waals surface area contributed by atoms with Gasteiger partial charge in [-0.15, -0.1) is 12.4 Å². The highest BCUT2D eigenvalue weighted by Crippen LogP contribution is 2.12. The maximum Gasteiger partial charge on any atom is 0.323 e. The Morgan fingerprint density at radius 3 is 2.41 bits per heavy atom. The number of rotatable bonds is 5. The predicted molar refractivity (Wildman–Crippen MR) is 68.6 cm³/mol. The van der Waals surface area contributed by atoms with Crippen molar-refractivity contribution in [3.63, 3.8) is 0 Å². The Morgan fingerprint density at radius 1 is 1.35 bits per heavy atom. The summed E-state index contributed by atoms with van der Waals surface area (Å²) in [5, 5.41) is 0. The summed E-state index contributed by atoms with van der Waals surface area (Å²) >= 11 is 0. The lowest BCUT2D eigenvalue weighted by Crippen LogP contribution is -2.34. The SMILES string of the molecule is CCOC(=O)[C@@H](N)Cc1ccc(OC)cc1.Cl. The summed E-state index contributed by atoms with van der Waals surface area (Å²) in [6.07, 6.45) is 0.475. The van der Waals surface area contributed by atoms with Gasteiger partial charge in [0.25, 0.3) is 0 Å². The molecule has 2 N–H and O–H groups in total. The van der Waals surface area contributed by atoms with Crippen molar-refractivity contribution >= 4 is 18.4 Å². The van der Waals surface area contributed by atoms with Crippen LogP contribution in [-0.2, 0) is 16.0 Å². The van der Waals surface area contributed by atoms with Crippen LogP contribution >= 0.6 is 12.4 Å². The number of carbonyl (C=O) groups excluding carboxylic acids is 1. The van der Waals surface area contributed by atoms with Crippen LogP contribution < -0.4 is 10.5 Å². The van der Waals surface area contributed by atoms with Crippen LogP contribution in [0.4, 0.5) is 0 Å². The normalized spacial score (nSPS) is 11.2. The fourth-order valence-corrected chi connectivity index (χ4v) is 1.35. The molecule has 5 heteroatoms. The van der Waals surface area contributed by atoms with Crippen LogP contribution in [0.2, 0.25) is 0 Å². The average molecular weight is 260 g/mol. The molecule has 0 aliphatic heterocycles. The van der Waals surface area contributed by atoms with E-state index in [-0.39, 0.29) is 18.4 Å². The zero-order chi connectivity index (χ0) is 12.0. The van der Waals surface area contributed by atoms with E-state index in [1.165, 1.54) is 0 Å². The summed E-state index contributed by atoms with van der Waals surface area (Å²) in [6.45, 7) is 2.12. The minimum Gasteiger partial charge on any atom is -0.497 e. The first-order chi connectivity index (χ1) is 7.67. The topological polar surface area (TPSA) is 61.5 Å². The summed E-state index contributed by atoms with van der Waals surface area (Å²) < 4.78 is 9.87. The van der Waals surface area contributed by atoms with Gasteiger partial charge in [-0.25, -0.2) is 0 Å². The quantitative estimate of drug-likeness (QED) is 0.815. The van der Waals surface area contributed by atoms with Crippen LogP contribution in [0.1, 0.15) is 12.5 Å². The van der Waals surface area contributed by atoms with Gasteiger partial charge in [0.05, 0.1) is 13.7 Å². The number of methoxy groups -OCH3 is 1. The Bertz CT molecular complexity index is 340. The molecule has 0 saturated heterocycles. The van der Waals surface area contributed by atoms with Gasteiger partial charge in [0.15, 0.2) is 0 Å². The third-order valence-electron chi connectivity index (χ3n) is 2.20. The Labute approximate surface area is 108 Å². The standard InChI is InChI=1S/C12H17NO3.ClH/c1-3-16-12(14)11(13)8-9-4-6-10(15-2)7-5-9;/h4-7,11H,3,8,13H2,1-2H3;1H/t11-;/m0./s1. The molecule has 0 radical (unpaired) electrons.